The molecule has 6 rings (SSSR count). The van der Waals surface area contributed by atoms with E-state index in [4.69, 9.17) is 9.47 Å². The maximum Gasteiger partial charge on any atom is 0.410 e. The third-order valence-electron chi connectivity index (χ3n) is 11.4. The van der Waals surface area contributed by atoms with Gasteiger partial charge in [-0.05, 0) is 111 Å². The Morgan fingerprint density at radius 3 is 2.33 bits per heavy atom. The molecule has 1 spiro atoms. The van der Waals surface area contributed by atoms with Crippen molar-refractivity contribution >= 4 is 28.0 Å². The minimum absolute atomic E-state index is 0.0536. The molecule has 0 N–H and O–H groups in total. The maximum absolute atomic E-state index is 14.3. The number of rotatable bonds is 10. The van der Waals surface area contributed by atoms with Crippen molar-refractivity contribution in [1.29, 1.82) is 0 Å². The van der Waals surface area contributed by atoms with Crippen LogP contribution in [-0.4, -0.2) is 144 Å². The number of aromatic nitrogens is 2. The van der Waals surface area contributed by atoms with Crippen LogP contribution in [0.15, 0.2) is 30.7 Å². The highest BCUT2D eigenvalue weighted by molar-refractivity contribution is 7.86. The summed E-state index contributed by atoms with van der Waals surface area (Å²) in [7, 11) is -3.61. The molecule has 55 heavy (non-hydrogen) atoms. The highest BCUT2D eigenvalue weighted by atomic mass is 32.2. The topological polar surface area (TPSA) is 132 Å². The van der Waals surface area contributed by atoms with Crippen LogP contribution in [0.25, 0.3) is 0 Å². The van der Waals surface area contributed by atoms with Crippen LogP contribution in [0.4, 0.5) is 15.0 Å². The van der Waals surface area contributed by atoms with Crippen molar-refractivity contribution < 1.29 is 31.9 Å². The van der Waals surface area contributed by atoms with Crippen LogP contribution in [0.2, 0.25) is 0 Å². The smallest absolute Gasteiger partial charge is 0.410 e. The number of carbonyl (C=O) groups is 2. The SMILES string of the molecule is CCN(C(=O)c1cc(F)ccc1Oc1cncnc1N1CC2(CCN(CC3CCN(S(=O)(=O)N4CCCN(C(=O)OC(C)(C)C)CC4)CC3)CC2)C1)C(C)C. The second-order valence-electron chi connectivity index (χ2n) is 16.9. The first-order chi connectivity index (χ1) is 26.1. The summed E-state index contributed by atoms with van der Waals surface area (Å²) in [6.07, 6.45) is 7.06. The van der Waals surface area contributed by atoms with E-state index in [2.05, 4.69) is 19.8 Å². The van der Waals surface area contributed by atoms with Crippen molar-refractivity contribution in [3.63, 3.8) is 0 Å². The molecule has 0 unspecified atom stereocenters. The van der Waals surface area contributed by atoms with Gasteiger partial charge in [-0.15, -0.1) is 0 Å². The summed E-state index contributed by atoms with van der Waals surface area (Å²) in [5.74, 6) is 0.993. The molecule has 304 valence electrons. The highest BCUT2D eigenvalue weighted by Gasteiger charge is 2.46. The molecule has 0 bridgehead atoms. The van der Waals surface area contributed by atoms with E-state index in [0.29, 0.717) is 63.2 Å². The summed E-state index contributed by atoms with van der Waals surface area (Å²) < 4.78 is 56.5. The van der Waals surface area contributed by atoms with Gasteiger partial charge in [0.2, 0.25) is 0 Å². The van der Waals surface area contributed by atoms with Gasteiger partial charge >= 0.3 is 6.09 Å². The van der Waals surface area contributed by atoms with Crippen molar-refractivity contribution in [3.8, 4) is 11.5 Å². The first kappa shape index (κ1) is 41.0. The van der Waals surface area contributed by atoms with E-state index in [-0.39, 0.29) is 35.2 Å². The van der Waals surface area contributed by atoms with Crippen LogP contribution in [0.5, 0.6) is 11.5 Å². The number of ether oxygens (including phenoxy) is 2. The fraction of sp³-hybridized carbons (Fsp3) is 0.692. The number of hydrogen-bond donors (Lipinski definition) is 0. The molecule has 4 saturated heterocycles. The van der Waals surface area contributed by atoms with E-state index < -0.39 is 27.7 Å². The third kappa shape index (κ3) is 9.69. The summed E-state index contributed by atoms with van der Waals surface area (Å²) >= 11 is 0. The molecule has 0 radical (unpaired) electrons. The van der Waals surface area contributed by atoms with Crippen molar-refractivity contribution in [2.24, 2.45) is 11.3 Å². The number of benzene rings is 1. The molecule has 5 heterocycles. The Kier molecular flexibility index (Phi) is 12.6. The quantitative estimate of drug-likeness (QED) is 0.322. The zero-order valence-corrected chi connectivity index (χ0v) is 34.2. The Bertz CT molecular complexity index is 1770. The van der Waals surface area contributed by atoms with Crippen molar-refractivity contribution in [1.82, 2.24) is 33.3 Å². The molecule has 4 fully saturated rings. The summed E-state index contributed by atoms with van der Waals surface area (Å²) in [5.41, 5.74) is -0.255. The van der Waals surface area contributed by atoms with Gasteiger partial charge in [0, 0.05) is 76.9 Å². The molecular weight excluding hydrogens is 728 g/mol. The summed E-state index contributed by atoms with van der Waals surface area (Å²) in [6, 6.07) is 3.95. The van der Waals surface area contributed by atoms with E-state index in [1.54, 1.807) is 20.3 Å². The summed E-state index contributed by atoms with van der Waals surface area (Å²) in [6.45, 7) is 18.8. The summed E-state index contributed by atoms with van der Waals surface area (Å²) in [4.78, 5) is 42.7. The Morgan fingerprint density at radius 1 is 0.982 bits per heavy atom. The molecule has 16 heteroatoms. The van der Waals surface area contributed by atoms with Crippen LogP contribution in [0, 0.1) is 17.2 Å². The second kappa shape index (κ2) is 16.9. The predicted molar refractivity (Wildman–Crippen MR) is 208 cm³/mol. The van der Waals surface area contributed by atoms with Crippen LogP contribution in [0.3, 0.4) is 0 Å². The van der Waals surface area contributed by atoms with Gasteiger partial charge in [0.25, 0.3) is 16.1 Å². The number of halogens is 1. The number of carbonyl (C=O) groups excluding carboxylic acids is 2. The normalized spacial score (nSPS) is 20.7. The first-order valence-electron chi connectivity index (χ1n) is 19.9. The molecule has 0 atom stereocenters. The van der Waals surface area contributed by atoms with Gasteiger partial charge in [-0.1, -0.05) is 0 Å². The lowest BCUT2D eigenvalue weighted by Crippen LogP contribution is -2.61. The molecule has 4 aliphatic rings. The molecule has 4 aliphatic heterocycles. The van der Waals surface area contributed by atoms with Gasteiger partial charge in [-0.25, -0.2) is 19.2 Å². The Hall–Kier alpha value is -3.60. The Labute approximate surface area is 326 Å². The first-order valence-corrected chi connectivity index (χ1v) is 21.3. The van der Waals surface area contributed by atoms with E-state index >= 15 is 0 Å². The van der Waals surface area contributed by atoms with E-state index in [0.717, 1.165) is 58.4 Å². The van der Waals surface area contributed by atoms with Crippen molar-refractivity contribution in [3.05, 3.63) is 42.1 Å². The fourth-order valence-electron chi connectivity index (χ4n) is 8.32. The number of amides is 2. The van der Waals surface area contributed by atoms with Gasteiger partial charge in [0.15, 0.2) is 11.6 Å². The molecule has 1 aromatic heterocycles. The van der Waals surface area contributed by atoms with Crippen LogP contribution in [0.1, 0.15) is 84.0 Å². The van der Waals surface area contributed by atoms with Gasteiger partial charge in [0.1, 0.15) is 23.5 Å². The van der Waals surface area contributed by atoms with Crippen LogP contribution in [-0.2, 0) is 14.9 Å². The number of hydrogen-bond acceptors (Lipinski definition) is 10. The third-order valence-corrected chi connectivity index (χ3v) is 13.4. The number of nitrogens with zero attached hydrogens (tertiary/aromatic N) is 8. The average molecular weight is 787 g/mol. The molecule has 1 aromatic carbocycles. The average Bonchev–Trinajstić information content (AvgIpc) is 3.39. The monoisotopic (exact) mass is 786 g/mol. The lowest BCUT2D eigenvalue weighted by molar-refractivity contribution is 0.0259. The molecular formula is C39H59FN8O6S. The van der Waals surface area contributed by atoms with Gasteiger partial charge in [-0.2, -0.15) is 17.0 Å². The largest absolute Gasteiger partial charge is 0.451 e. The van der Waals surface area contributed by atoms with E-state index in [1.807, 2.05) is 41.5 Å². The van der Waals surface area contributed by atoms with Crippen molar-refractivity contribution in [2.75, 3.05) is 83.4 Å². The Morgan fingerprint density at radius 2 is 1.67 bits per heavy atom. The van der Waals surface area contributed by atoms with Crippen molar-refractivity contribution in [2.45, 2.75) is 85.3 Å². The number of anilines is 1. The van der Waals surface area contributed by atoms with Gasteiger partial charge in [-0.3, -0.25) is 4.79 Å². The molecule has 2 aromatic rings. The predicted octanol–water partition coefficient (Wildman–Crippen LogP) is 5.08. The van der Waals surface area contributed by atoms with Gasteiger partial charge < -0.3 is 29.1 Å². The van der Waals surface area contributed by atoms with Crippen LogP contribution < -0.4 is 9.64 Å². The standard InChI is InChI=1S/C39H59FN8O6S/c1-7-48(29(2)3)36(49)32-23-31(40)9-10-33(32)53-34-24-41-28-42-35(34)45-26-39(27-45)13-19-43(20-14-39)25-30-11-17-47(18-12-30)55(51,52)46-16-8-15-44(21-22-46)37(50)54-38(4,5)6/h9-10,23-24,28-30H,7-8,11-22,25-27H2,1-6H3. The zero-order chi connectivity index (χ0) is 39.5. The zero-order valence-electron chi connectivity index (χ0n) is 33.4. The highest BCUT2D eigenvalue weighted by Crippen LogP contribution is 2.45. The van der Waals surface area contributed by atoms with Gasteiger partial charge in [0.05, 0.1) is 11.8 Å². The summed E-state index contributed by atoms with van der Waals surface area (Å²) in [5, 5.41) is 0. The van der Waals surface area contributed by atoms with E-state index in [1.165, 1.54) is 28.8 Å². The Balaban J connectivity index is 0.971. The molecule has 14 nitrogen and oxygen atoms in total. The fourth-order valence-corrected chi connectivity index (χ4v) is 9.99. The lowest BCUT2D eigenvalue weighted by atomic mass is 9.72. The number of likely N-dealkylation sites (tertiary alicyclic amines) is 1. The minimum atomic E-state index is -3.61. The van der Waals surface area contributed by atoms with E-state index in [9.17, 15) is 22.4 Å². The molecule has 2 amide bonds. The minimum Gasteiger partial charge on any atom is -0.451 e. The second-order valence-corrected chi connectivity index (χ2v) is 18.8. The lowest BCUT2D eigenvalue weighted by Gasteiger charge is -2.54. The van der Waals surface area contributed by atoms with Crippen LogP contribution >= 0.6 is 0 Å². The number of piperidine rings is 2. The maximum atomic E-state index is 14.3. The molecule has 0 saturated carbocycles. The molecule has 0 aliphatic carbocycles.